The Hall–Kier alpha value is -2.85. The summed E-state index contributed by atoms with van der Waals surface area (Å²) in [7, 11) is 1.66. The molecule has 1 aromatic carbocycles. The smallest absolute Gasteiger partial charge is 0.261 e. The Morgan fingerprint density at radius 1 is 1.20 bits per heavy atom. The second kappa shape index (κ2) is 9.31. The van der Waals surface area contributed by atoms with Crippen molar-refractivity contribution in [2.75, 3.05) is 38.6 Å². The van der Waals surface area contributed by atoms with Gasteiger partial charge in [0.1, 0.15) is 11.6 Å². The Morgan fingerprint density at radius 2 is 2.00 bits per heavy atom. The molecule has 1 N–H and O–H groups in total. The van der Waals surface area contributed by atoms with E-state index in [-0.39, 0.29) is 31.0 Å². The number of alkyl halides is 2. The third-order valence-electron chi connectivity index (χ3n) is 7.02. The van der Waals surface area contributed by atoms with E-state index in [1.807, 2.05) is 35.4 Å². The Morgan fingerprint density at radius 3 is 2.69 bits per heavy atom. The molecule has 4 heterocycles. The van der Waals surface area contributed by atoms with Gasteiger partial charge in [0.15, 0.2) is 5.65 Å². The summed E-state index contributed by atoms with van der Waals surface area (Å²) in [5.41, 5.74) is 2.93. The lowest BCUT2D eigenvalue weighted by molar-refractivity contribution is -0.0140. The van der Waals surface area contributed by atoms with Crippen molar-refractivity contribution in [2.45, 2.75) is 57.7 Å². The molecule has 0 radical (unpaired) electrons. The zero-order chi connectivity index (χ0) is 24.7. The number of aromatic nitrogens is 4. The van der Waals surface area contributed by atoms with Crippen LogP contribution in [0.25, 0.3) is 5.65 Å². The van der Waals surface area contributed by atoms with E-state index in [1.54, 1.807) is 11.6 Å². The number of hydrogen-bond donors (Lipinski definition) is 1. The Balaban J connectivity index is 1.35. The molecule has 35 heavy (non-hydrogen) atoms. The van der Waals surface area contributed by atoms with E-state index in [0.29, 0.717) is 24.9 Å². The van der Waals surface area contributed by atoms with Gasteiger partial charge in [-0.15, -0.1) is 0 Å². The number of anilines is 1. The summed E-state index contributed by atoms with van der Waals surface area (Å²) in [5, 5.41) is 8.07. The van der Waals surface area contributed by atoms with Gasteiger partial charge in [-0.25, -0.2) is 13.8 Å². The van der Waals surface area contributed by atoms with Crippen LogP contribution in [0.15, 0.2) is 30.5 Å². The number of nitrogens with zero attached hydrogens (tertiary/aromatic N) is 6. The molecular weight excluding hydrogens is 452 g/mol. The second-order valence-corrected chi connectivity index (χ2v) is 10.0. The summed E-state index contributed by atoms with van der Waals surface area (Å²) >= 11 is 0. The molecule has 0 amide bonds. The van der Waals surface area contributed by atoms with Crippen molar-refractivity contribution >= 4 is 11.6 Å². The molecular formula is C25H33F2N7O. The van der Waals surface area contributed by atoms with Gasteiger partial charge in [0, 0.05) is 37.7 Å². The van der Waals surface area contributed by atoms with Crippen LogP contribution in [0, 0.1) is 0 Å². The molecule has 1 atom stereocenters. The molecule has 5 rings (SSSR count). The highest BCUT2D eigenvalue weighted by molar-refractivity contribution is 5.52. The number of fused-ring (bicyclic) bond motifs is 1. The summed E-state index contributed by atoms with van der Waals surface area (Å²) in [6.07, 6.45) is 1.82. The fourth-order valence-corrected chi connectivity index (χ4v) is 4.87. The molecule has 0 saturated carbocycles. The van der Waals surface area contributed by atoms with E-state index in [4.69, 9.17) is 14.7 Å². The number of likely N-dealkylation sites (tertiary alicyclic amines) is 2. The van der Waals surface area contributed by atoms with E-state index in [0.717, 1.165) is 35.6 Å². The number of hydrogen-bond acceptors (Lipinski definition) is 7. The lowest BCUT2D eigenvalue weighted by atomic mass is 10.1. The normalized spacial score (nSPS) is 19.9. The molecule has 0 spiro atoms. The first-order valence-electron chi connectivity index (χ1n) is 12.2. The SMILES string of the molecule is COc1cccc(C(C)Nc2nc(CN3CC(N4CCC(F)(F)C4)C3)nc3c(C(C)C)cnn23)c1. The number of benzene rings is 1. The van der Waals surface area contributed by atoms with Crippen molar-refractivity contribution in [1.29, 1.82) is 0 Å². The maximum Gasteiger partial charge on any atom is 0.261 e. The summed E-state index contributed by atoms with van der Waals surface area (Å²) in [4.78, 5) is 13.8. The van der Waals surface area contributed by atoms with E-state index in [2.05, 4.69) is 36.1 Å². The molecule has 2 saturated heterocycles. The van der Waals surface area contributed by atoms with Gasteiger partial charge in [-0.2, -0.15) is 14.6 Å². The van der Waals surface area contributed by atoms with E-state index >= 15 is 0 Å². The van der Waals surface area contributed by atoms with Gasteiger partial charge in [0.25, 0.3) is 5.92 Å². The molecule has 2 aromatic heterocycles. The standard InChI is InChI=1S/C25H33F2N7O/c1-16(2)21-11-28-34-23(21)30-22(14-32-12-19(13-32)33-9-8-25(26,27)15-33)31-24(34)29-17(3)18-6-5-7-20(10-18)35-4/h5-7,10-11,16-17,19H,8-9,12-15H2,1-4H3,(H,29,30,31). The summed E-state index contributed by atoms with van der Waals surface area (Å²) in [5.74, 6) is -0.156. The maximum absolute atomic E-state index is 13.6. The highest BCUT2D eigenvalue weighted by Gasteiger charge is 2.44. The molecule has 0 aliphatic carbocycles. The molecule has 2 aliphatic heterocycles. The number of ether oxygens (including phenoxy) is 1. The minimum Gasteiger partial charge on any atom is -0.497 e. The van der Waals surface area contributed by atoms with E-state index < -0.39 is 5.92 Å². The van der Waals surface area contributed by atoms with Gasteiger partial charge >= 0.3 is 0 Å². The highest BCUT2D eigenvalue weighted by atomic mass is 19.3. The van der Waals surface area contributed by atoms with Crippen LogP contribution in [0.1, 0.15) is 56.1 Å². The molecule has 10 heteroatoms. The zero-order valence-electron chi connectivity index (χ0n) is 20.7. The topological polar surface area (TPSA) is 70.8 Å². The molecule has 2 aliphatic rings. The van der Waals surface area contributed by atoms with E-state index in [9.17, 15) is 8.78 Å². The van der Waals surface area contributed by atoms with Crippen molar-refractivity contribution in [3.63, 3.8) is 0 Å². The van der Waals surface area contributed by atoms with Crippen molar-refractivity contribution in [3.8, 4) is 5.75 Å². The van der Waals surface area contributed by atoms with E-state index in [1.165, 1.54) is 0 Å². The van der Waals surface area contributed by atoms with Crippen LogP contribution in [-0.4, -0.2) is 74.6 Å². The van der Waals surface area contributed by atoms with Crippen LogP contribution in [-0.2, 0) is 6.54 Å². The third kappa shape index (κ3) is 4.95. The van der Waals surface area contributed by atoms with Crippen LogP contribution >= 0.6 is 0 Å². The lowest BCUT2D eigenvalue weighted by Gasteiger charge is -2.43. The van der Waals surface area contributed by atoms with Crippen molar-refractivity contribution < 1.29 is 13.5 Å². The van der Waals surface area contributed by atoms with Gasteiger partial charge in [-0.3, -0.25) is 9.80 Å². The van der Waals surface area contributed by atoms with Gasteiger partial charge in [0.2, 0.25) is 5.95 Å². The molecule has 8 nitrogen and oxygen atoms in total. The van der Waals surface area contributed by atoms with Gasteiger partial charge in [-0.05, 0) is 30.5 Å². The van der Waals surface area contributed by atoms with Crippen molar-refractivity contribution in [1.82, 2.24) is 29.4 Å². The number of rotatable bonds is 8. The minimum atomic E-state index is -2.55. The molecule has 188 valence electrons. The average molecular weight is 486 g/mol. The van der Waals surface area contributed by atoms with Crippen molar-refractivity contribution in [3.05, 3.63) is 47.4 Å². The molecule has 3 aromatic rings. The van der Waals surface area contributed by atoms with Crippen LogP contribution in [0.5, 0.6) is 5.75 Å². The fourth-order valence-electron chi connectivity index (χ4n) is 4.87. The Labute approximate surface area is 204 Å². The Bertz CT molecular complexity index is 1190. The first-order chi connectivity index (χ1) is 16.7. The van der Waals surface area contributed by atoms with Gasteiger partial charge in [0.05, 0.1) is 32.4 Å². The van der Waals surface area contributed by atoms with Crippen LogP contribution in [0.2, 0.25) is 0 Å². The number of halogens is 2. The molecule has 2 fully saturated rings. The number of nitrogens with one attached hydrogen (secondary N) is 1. The van der Waals surface area contributed by atoms with Gasteiger partial charge < -0.3 is 10.1 Å². The largest absolute Gasteiger partial charge is 0.497 e. The molecule has 0 bridgehead atoms. The third-order valence-corrected chi connectivity index (χ3v) is 7.02. The predicted molar refractivity (Wildman–Crippen MR) is 130 cm³/mol. The monoisotopic (exact) mass is 485 g/mol. The van der Waals surface area contributed by atoms with Gasteiger partial charge in [-0.1, -0.05) is 26.0 Å². The maximum atomic E-state index is 13.6. The molecule has 1 unspecified atom stereocenters. The Kier molecular flexibility index (Phi) is 6.35. The fraction of sp³-hybridized carbons (Fsp3) is 0.560. The zero-order valence-corrected chi connectivity index (χ0v) is 20.7. The van der Waals surface area contributed by atoms with Crippen LogP contribution < -0.4 is 10.1 Å². The summed E-state index contributed by atoms with van der Waals surface area (Å²) in [6, 6.07) is 8.08. The number of methoxy groups -OCH3 is 1. The first kappa shape index (κ1) is 23.9. The second-order valence-electron chi connectivity index (χ2n) is 10.0. The average Bonchev–Trinajstić information content (AvgIpc) is 3.39. The summed E-state index contributed by atoms with van der Waals surface area (Å²) < 4.78 is 34.3. The van der Waals surface area contributed by atoms with Crippen LogP contribution in [0.3, 0.4) is 0 Å². The summed E-state index contributed by atoms with van der Waals surface area (Å²) in [6.45, 7) is 8.74. The van der Waals surface area contributed by atoms with Crippen LogP contribution in [0.4, 0.5) is 14.7 Å². The predicted octanol–water partition coefficient (Wildman–Crippen LogP) is 3.95. The first-order valence-corrected chi connectivity index (χ1v) is 12.2. The minimum absolute atomic E-state index is 0.0343. The quantitative estimate of drug-likeness (QED) is 0.518. The van der Waals surface area contributed by atoms with Crippen molar-refractivity contribution in [2.24, 2.45) is 0 Å². The lowest BCUT2D eigenvalue weighted by Crippen LogP contribution is -2.58. The highest BCUT2D eigenvalue weighted by Crippen LogP contribution is 2.31.